The molecule has 1 aromatic carbocycles. The first-order chi connectivity index (χ1) is 10.1. The summed E-state index contributed by atoms with van der Waals surface area (Å²) in [5.41, 5.74) is 1.53. The van der Waals surface area contributed by atoms with Crippen LogP contribution < -0.4 is 10.9 Å². The Morgan fingerprint density at radius 3 is 2.76 bits per heavy atom. The topological polar surface area (TPSA) is 51.1 Å². The summed E-state index contributed by atoms with van der Waals surface area (Å²) in [6.45, 7) is 2.93. The van der Waals surface area contributed by atoms with E-state index in [9.17, 15) is 9.59 Å². The van der Waals surface area contributed by atoms with E-state index in [1.807, 2.05) is 25.1 Å². The number of aromatic nitrogens is 1. The van der Waals surface area contributed by atoms with E-state index in [0.29, 0.717) is 30.1 Å². The Balaban J connectivity index is 1.85. The first-order valence-electron chi connectivity index (χ1n) is 6.78. The molecule has 2 rings (SSSR count). The quantitative estimate of drug-likeness (QED) is 0.863. The average Bonchev–Trinajstić information content (AvgIpc) is 2.47. The molecule has 1 amide bonds. The molecule has 0 radical (unpaired) electrons. The Morgan fingerprint density at radius 1 is 1.24 bits per heavy atom. The maximum Gasteiger partial charge on any atom is 0.251 e. The maximum absolute atomic E-state index is 12.0. The number of benzene rings is 1. The summed E-state index contributed by atoms with van der Waals surface area (Å²) in [5, 5.41) is 3.38. The predicted octanol–water partition coefficient (Wildman–Crippen LogP) is 2.63. The number of amides is 1. The molecule has 21 heavy (non-hydrogen) atoms. The van der Waals surface area contributed by atoms with Crippen LogP contribution in [0.3, 0.4) is 0 Å². The number of aryl methyl sites for hydroxylation is 2. The van der Waals surface area contributed by atoms with Gasteiger partial charge >= 0.3 is 0 Å². The molecule has 2 aromatic rings. The van der Waals surface area contributed by atoms with Gasteiger partial charge in [0.1, 0.15) is 0 Å². The molecule has 110 valence electrons. The first-order valence-corrected chi connectivity index (χ1v) is 7.15. The molecule has 0 saturated carbocycles. The van der Waals surface area contributed by atoms with Crippen molar-refractivity contribution in [3.05, 3.63) is 69.1 Å². The Bertz CT molecular complexity index is 695. The molecule has 0 aliphatic carbocycles. The Kier molecular flexibility index (Phi) is 5.17. The Labute approximate surface area is 128 Å². The molecule has 0 aliphatic rings. The van der Waals surface area contributed by atoms with Crippen molar-refractivity contribution in [2.75, 3.05) is 6.54 Å². The van der Waals surface area contributed by atoms with Crippen molar-refractivity contribution < 1.29 is 4.79 Å². The highest BCUT2D eigenvalue weighted by atomic mass is 35.5. The van der Waals surface area contributed by atoms with Gasteiger partial charge < -0.3 is 9.88 Å². The van der Waals surface area contributed by atoms with Gasteiger partial charge in [-0.2, -0.15) is 0 Å². The van der Waals surface area contributed by atoms with Gasteiger partial charge in [0.15, 0.2) is 0 Å². The largest absolute Gasteiger partial charge is 0.352 e. The van der Waals surface area contributed by atoms with Crippen LogP contribution in [0.15, 0.2) is 47.4 Å². The Morgan fingerprint density at radius 2 is 2.00 bits per heavy atom. The van der Waals surface area contributed by atoms with Crippen molar-refractivity contribution in [2.45, 2.75) is 19.9 Å². The molecule has 0 spiro atoms. The number of carbonyl (C=O) groups excluding carboxylic acids is 1. The highest BCUT2D eigenvalue weighted by Crippen LogP contribution is 2.06. The van der Waals surface area contributed by atoms with Crippen LogP contribution in [-0.4, -0.2) is 17.0 Å². The smallest absolute Gasteiger partial charge is 0.251 e. The third-order valence-corrected chi connectivity index (χ3v) is 3.42. The average molecular weight is 305 g/mol. The summed E-state index contributed by atoms with van der Waals surface area (Å²) >= 11 is 5.85. The third-order valence-electron chi connectivity index (χ3n) is 3.20. The zero-order chi connectivity index (χ0) is 15.2. The number of hydrogen-bond donors (Lipinski definition) is 1. The fourth-order valence-corrected chi connectivity index (χ4v) is 2.23. The van der Waals surface area contributed by atoms with Crippen molar-refractivity contribution in [1.29, 1.82) is 0 Å². The van der Waals surface area contributed by atoms with Gasteiger partial charge in [0.05, 0.1) is 5.02 Å². The lowest BCUT2D eigenvalue weighted by Crippen LogP contribution is -2.27. The van der Waals surface area contributed by atoms with Crippen molar-refractivity contribution in [3.8, 4) is 0 Å². The normalized spacial score (nSPS) is 10.4. The summed E-state index contributed by atoms with van der Waals surface area (Å²) in [7, 11) is 0. The number of carbonyl (C=O) groups is 1. The fourth-order valence-electron chi connectivity index (χ4n) is 2.05. The summed E-state index contributed by atoms with van der Waals surface area (Å²) < 4.78 is 1.54. The molecule has 0 bridgehead atoms. The zero-order valence-electron chi connectivity index (χ0n) is 11.8. The van der Waals surface area contributed by atoms with Crippen molar-refractivity contribution in [3.63, 3.8) is 0 Å². The van der Waals surface area contributed by atoms with Crippen LogP contribution in [0.4, 0.5) is 0 Å². The summed E-state index contributed by atoms with van der Waals surface area (Å²) in [4.78, 5) is 23.6. The van der Waals surface area contributed by atoms with E-state index >= 15 is 0 Å². The molecule has 1 N–H and O–H groups in total. The van der Waals surface area contributed by atoms with Crippen LogP contribution in [0.2, 0.25) is 5.02 Å². The summed E-state index contributed by atoms with van der Waals surface area (Å²) in [6, 6.07) is 10.5. The molecule has 0 aliphatic heterocycles. The van der Waals surface area contributed by atoms with Gasteiger partial charge in [-0.05, 0) is 31.0 Å². The second-order valence-corrected chi connectivity index (χ2v) is 5.24. The molecule has 0 atom stereocenters. The number of nitrogens with one attached hydrogen (secondary N) is 1. The predicted molar refractivity (Wildman–Crippen MR) is 83.8 cm³/mol. The minimum absolute atomic E-state index is 0.0912. The second kappa shape index (κ2) is 7.09. The van der Waals surface area contributed by atoms with Crippen LogP contribution in [0.1, 0.15) is 22.3 Å². The lowest BCUT2D eigenvalue weighted by Gasteiger charge is -2.09. The number of halogens is 1. The van der Waals surface area contributed by atoms with Gasteiger partial charge in [-0.3, -0.25) is 9.59 Å². The van der Waals surface area contributed by atoms with Crippen LogP contribution in [0.5, 0.6) is 0 Å². The van der Waals surface area contributed by atoms with E-state index in [4.69, 9.17) is 11.6 Å². The minimum Gasteiger partial charge on any atom is -0.352 e. The molecule has 1 aromatic heterocycles. The molecular weight excluding hydrogens is 288 g/mol. The van der Waals surface area contributed by atoms with E-state index in [1.54, 1.807) is 22.9 Å². The zero-order valence-corrected chi connectivity index (χ0v) is 12.6. The van der Waals surface area contributed by atoms with Gasteiger partial charge in [0.25, 0.3) is 11.5 Å². The molecule has 4 nitrogen and oxygen atoms in total. The van der Waals surface area contributed by atoms with Crippen molar-refractivity contribution >= 4 is 17.5 Å². The fraction of sp³-hybridized carbons (Fsp3) is 0.250. The number of hydrogen-bond acceptors (Lipinski definition) is 2. The van der Waals surface area contributed by atoms with Gasteiger partial charge in [0, 0.05) is 30.9 Å². The Hall–Kier alpha value is -2.07. The maximum atomic E-state index is 12.0. The van der Waals surface area contributed by atoms with Crippen molar-refractivity contribution in [1.82, 2.24) is 9.88 Å². The van der Waals surface area contributed by atoms with Crippen LogP contribution in [-0.2, 0) is 6.54 Å². The highest BCUT2D eigenvalue weighted by Gasteiger charge is 2.06. The van der Waals surface area contributed by atoms with Gasteiger partial charge in [-0.15, -0.1) is 0 Å². The second-order valence-electron chi connectivity index (χ2n) is 4.80. The van der Waals surface area contributed by atoms with Crippen molar-refractivity contribution in [2.24, 2.45) is 0 Å². The first kappa shape index (κ1) is 15.3. The van der Waals surface area contributed by atoms with Gasteiger partial charge in [-0.1, -0.05) is 29.8 Å². The van der Waals surface area contributed by atoms with Crippen LogP contribution in [0.25, 0.3) is 0 Å². The summed E-state index contributed by atoms with van der Waals surface area (Å²) in [6.07, 6.45) is 2.27. The van der Waals surface area contributed by atoms with Crippen LogP contribution >= 0.6 is 11.6 Å². The number of rotatable bonds is 5. The number of pyridine rings is 1. The van der Waals surface area contributed by atoms with Gasteiger partial charge in [-0.25, -0.2) is 0 Å². The molecule has 0 unspecified atom stereocenters. The van der Waals surface area contributed by atoms with E-state index in [2.05, 4.69) is 5.32 Å². The van der Waals surface area contributed by atoms with Crippen LogP contribution in [0, 0.1) is 6.92 Å². The molecule has 0 saturated heterocycles. The molecule has 5 heteroatoms. The van der Waals surface area contributed by atoms with Gasteiger partial charge in [0.2, 0.25) is 0 Å². The van der Waals surface area contributed by atoms with E-state index < -0.39 is 0 Å². The van der Waals surface area contributed by atoms with E-state index in [-0.39, 0.29) is 11.5 Å². The molecule has 1 heterocycles. The monoisotopic (exact) mass is 304 g/mol. The SMILES string of the molecule is Cc1ccccc1C(=O)NCCCn1cc(Cl)ccc1=O. The highest BCUT2D eigenvalue weighted by molar-refractivity contribution is 6.30. The lowest BCUT2D eigenvalue weighted by molar-refractivity contribution is 0.0952. The molecule has 0 fully saturated rings. The van der Waals surface area contributed by atoms with E-state index in [0.717, 1.165) is 5.56 Å². The molecular formula is C16H17ClN2O2. The minimum atomic E-state index is -0.0929. The standard InChI is InChI=1S/C16H17ClN2O2/c1-12-5-2-3-6-14(12)16(21)18-9-4-10-19-11-13(17)7-8-15(19)20/h2-3,5-8,11H,4,9-10H2,1H3,(H,18,21). The van der Waals surface area contributed by atoms with E-state index in [1.165, 1.54) is 6.07 Å². The summed E-state index contributed by atoms with van der Waals surface area (Å²) in [5.74, 6) is -0.0912. The lowest BCUT2D eigenvalue weighted by atomic mass is 10.1. The number of nitrogens with zero attached hydrogens (tertiary/aromatic N) is 1. The third kappa shape index (κ3) is 4.20.